The van der Waals surface area contributed by atoms with Crippen molar-refractivity contribution in [3.05, 3.63) is 71.0 Å². The number of halogens is 2. The highest BCUT2D eigenvalue weighted by molar-refractivity contribution is 6.35. The van der Waals surface area contributed by atoms with Gasteiger partial charge in [0.1, 0.15) is 17.9 Å². The van der Waals surface area contributed by atoms with Crippen LogP contribution in [0.3, 0.4) is 0 Å². The van der Waals surface area contributed by atoms with Gasteiger partial charge in [0.05, 0.1) is 17.3 Å². The van der Waals surface area contributed by atoms with Crippen molar-refractivity contribution in [1.82, 2.24) is 14.9 Å². The van der Waals surface area contributed by atoms with Crippen LogP contribution in [0.15, 0.2) is 60.9 Å². The first-order chi connectivity index (χ1) is 15.6. The molecule has 0 atom stereocenters. The van der Waals surface area contributed by atoms with E-state index in [1.165, 1.54) is 0 Å². The highest BCUT2D eigenvalue weighted by Crippen LogP contribution is 2.27. The van der Waals surface area contributed by atoms with Crippen LogP contribution in [0.25, 0.3) is 11.3 Å². The van der Waals surface area contributed by atoms with E-state index in [-0.39, 0.29) is 5.91 Å². The summed E-state index contributed by atoms with van der Waals surface area (Å²) < 4.78 is 5.67. The Labute approximate surface area is 197 Å². The average molecular weight is 471 g/mol. The number of ether oxygens (including phenoxy) is 1. The highest BCUT2D eigenvalue weighted by atomic mass is 35.5. The molecule has 1 saturated heterocycles. The maximum Gasteiger partial charge on any atom is 0.222 e. The molecular formula is C24H24Cl2N4O2. The number of hydrogen-bond donors (Lipinski definition) is 0. The van der Waals surface area contributed by atoms with E-state index in [0.717, 1.165) is 30.2 Å². The number of benzene rings is 2. The number of anilines is 1. The Hall–Kier alpha value is -2.83. The summed E-state index contributed by atoms with van der Waals surface area (Å²) in [6, 6.07) is 17.2. The number of amides is 1. The van der Waals surface area contributed by atoms with Gasteiger partial charge in [-0.25, -0.2) is 9.97 Å². The van der Waals surface area contributed by atoms with Crippen LogP contribution in [0.5, 0.6) is 5.75 Å². The lowest BCUT2D eigenvalue weighted by atomic mass is 10.1. The number of carbonyl (C=O) groups excluding carboxylic acids is 1. The van der Waals surface area contributed by atoms with Gasteiger partial charge in [0.15, 0.2) is 0 Å². The molecule has 4 rings (SSSR count). The van der Waals surface area contributed by atoms with Gasteiger partial charge in [-0.15, -0.1) is 0 Å². The molecular weight excluding hydrogens is 447 g/mol. The van der Waals surface area contributed by atoms with Crippen molar-refractivity contribution in [2.45, 2.75) is 12.8 Å². The summed E-state index contributed by atoms with van der Waals surface area (Å²) in [5.74, 6) is 1.61. The average Bonchev–Trinajstić information content (AvgIpc) is 2.83. The van der Waals surface area contributed by atoms with Crippen molar-refractivity contribution in [1.29, 1.82) is 0 Å². The zero-order valence-corrected chi connectivity index (χ0v) is 19.1. The van der Waals surface area contributed by atoms with Gasteiger partial charge in [0.2, 0.25) is 5.91 Å². The Kier molecular flexibility index (Phi) is 7.45. The van der Waals surface area contributed by atoms with Crippen molar-refractivity contribution in [2.75, 3.05) is 37.7 Å². The molecule has 0 bridgehead atoms. The molecule has 166 valence electrons. The fourth-order valence-electron chi connectivity index (χ4n) is 3.63. The first-order valence-electron chi connectivity index (χ1n) is 10.6. The molecule has 8 heteroatoms. The van der Waals surface area contributed by atoms with Gasteiger partial charge in [-0.1, -0.05) is 53.5 Å². The van der Waals surface area contributed by atoms with Crippen LogP contribution in [-0.4, -0.2) is 53.6 Å². The van der Waals surface area contributed by atoms with Gasteiger partial charge in [-0.3, -0.25) is 4.79 Å². The maximum absolute atomic E-state index is 12.6. The number of carbonyl (C=O) groups is 1. The molecule has 1 aromatic heterocycles. The molecule has 1 aliphatic heterocycles. The molecule has 1 aliphatic rings. The van der Waals surface area contributed by atoms with Crippen LogP contribution < -0.4 is 9.64 Å². The van der Waals surface area contributed by atoms with Crippen molar-refractivity contribution in [3.63, 3.8) is 0 Å². The Morgan fingerprint density at radius 3 is 2.50 bits per heavy atom. The van der Waals surface area contributed by atoms with E-state index in [9.17, 15) is 4.79 Å². The lowest BCUT2D eigenvalue weighted by Crippen LogP contribution is -2.49. The van der Waals surface area contributed by atoms with Gasteiger partial charge < -0.3 is 14.5 Å². The molecule has 0 saturated carbocycles. The monoisotopic (exact) mass is 470 g/mol. The largest absolute Gasteiger partial charge is 0.492 e. The van der Waals surface area contributed by atoms with Crippen molar-refractivity contribution in [3.8, 4) is 17.0 Å². The summed E-state index contributed by atoms with van der Waals surface area (Å²) in [4.78, 5) is 25.5. The molecule has 1 fully saturated rings. The summed E-state index contributed by atoms with van der Waals surface area (Å²) in [6.07, 6.45) is 2.67. The minimum Gasteiger partial charge on any atom is -0.492 e. The predicted molar refractivity (Wildman–Crippen MR) is 127 cm³/mol. The molecule has 1 amide bonds. The number of nitrogens with zero attached hydrogens (tertiary/aromatic N) is 4. The molecule has 0 aliphatic carbocycles. The van der Waals surface area contributed by atoms with Gasteiger partial charge in [-0.2, -0.15) is 0 Å². The number of hydrogen-bond acceptors (Lipinski definition) is 5. The normalized spacial score (nSPS) is 13.8. The zero-order chi connectivity index (χ0) is 22.3. The summed E-state index contributed by atoms with van der Waals surface area (Å²) in [5, 5.41) is 1.04. The third-order valence-electron chi connectivity index (χ3n) is 5.37. The molecule has 32 heavy (non-hydrogen) atoms. The van der Waals surface area contributed by atoms with Gasteiger partial charge in [-0.05, 0) is 24.6 Å². The number of piperazine rings is 1. The lowest BCUT2D eigenvalue weighted by Gasteiger charge is -2.35. The van der Waals surface area contributed by atoms with E-state index in [0.29, 0.717) is 48.3 Å². The smallest absolute Gasteiger partial charge is 0.222 e. The molecule has 3 aromatic rings. The Morgan fingerprint density at radius 2 is 1.75 bits per heavy atom. The summed E-state index contributed by atoms with van der Waals surface area (Å²) in [5.41, 5.74) is 1.96. The van der Waals surface area contributed by atoms with Crippen LogP contribution in [0.4, 0.5) is 5.82 Å². The van der Waals surface area contributed by atoms with E-state index < -0.39 is 0 Å². The third-order valence-corrected chi connectivity index (χ3v) is 5.90. The summed E-state index contributed by atoms with van der Waals surface area (Å²) in [6.45, 7) is 3.26. The van der Waals surface area contributed by atoms with E-state index >= 15 is 0 Å². The molecule has 0 unspecified atom stereocenters. The molecule has 0 N–H and O–H groups in total. The molecule has 6 nitrogen and oxygen atoms in total. The second-order valence-corrected chi connectivity index (χ2v) is 8.37. The van der Waals surface area contributed by atoms with Crippen molar-refractivity contribution >= 4 is 34.9 Å². The molecule has 0 spiro atoms. The molecule has 2 heterocycles. The first-order valence-corrected chi connectivity index (χ1v) is 11.3. The fourth-order valence-corrected chi connectivity index (χ4v) is 4.09. The Bertz CT molecular complexity index is 1060. The number of rotatable bonds is 7. The second-order valence-electron chi connectivity index (χ2n) is 7.52. The molecule has 0 radical (unpaired) electrons. The van der Waals surface area contributed by atoms with Crippen LogP contribution in [0.1, 0.15) is 12.8 Å². The summed E-state index contributed by atoms with van der Waals surface area (Å²) >= 11 is 12.0. The Balaban J connectivity index is 1.23. The fraction of sp³-hybridized carbons (Fsp3) is 0.292. The predicted octanol–water partition coefficient (Wildman–Crippen LogP) is 4.96. The third kappa shape index (κ3) is 5.69. The quantitative estimate of drug-likeness (QED) is 0.456. The second kappa shape index (κ2) is 10.7. The summed E-state index contributed by atoms with van der Waals surface area (Å²) in [7, 11) is 0. The minimum atomic E-state index is 0.142. The van der Waals surface area contributed by atoms with E-state index in [2.05, 4.69) is 14.9 Å². The van der Waals surface area contributed by atoms with Gasteiger partial charge in [0.25, 0.3) is 0 Å². The SMILES string of the molecule is O=C(CCCOc1ccc(Cl)cc1Cl)N1CCN(c2cc(-c3ccccc3)ncn2)CC1. The maximum atomic E-state index is 12.6. The van der Waals surface area contributed by atoms with Gasteiger partial charge >= 0.3 is 0 Å². The van der Waals surface area contributed by atoms with Crippen LogP contribution >= 0.6 is 23.2 Å². The first kappa shape index (κ1) is 22.4. The van der Waals surface area contributed by atoms with E-state index in [1.54, 1.807) is 24.5 Å². The zero-order valence-electron chi connectivity index (χ0n) is 17.6. The topological polar surface area (TPSA) is 58.6 Å². The van der Waals surface area contributed by atoms with E-state index in [1.807, 2.05) is 41.3 Å². The van der Waals surface area contributed by atoms with Crippen molar-refractivity contribution < 1.29 is 9.53 Å². The van der Waals surface area contributed by atoms with E-state index in [4.69, 9.17) is 27.9 Å². The van der Waals surface area contributed by atoms with Crippen LogP contribution in [0, 0.1) is 0 Å². The van der Waals surface area contributed by atoms with Crippen molar-refractivity contribution in [2.24, 2.45) is 0 Å². The minimum absolute atomic E-state index is 0.142. The van der Waals surface area contributed by atoms with Crippen LogP contribution in [-0.2, 0) is 4.79 Å². The number of aromatic nitrogens is 2. The Morgan fingerprint density at radius 1 is 0.969 bits per heavy atom. The lowest BCUT2D eigenvalue weighted by molar-refractivity contribution is -0.131. The standard InChI is InChI=1S/C24H24Cl2N4O2/c25-19-8-9-22(20(26)15-19)32-14-4-7-24(31)30-12-10-29(11-13-30)23-16-21(27-17-28-23)18-5-2-1-3-6-18/h1-3,5-6,8-9,15-17H,4,7,10-14H2. The highest BCUT2D eigenvalue weighted by Gasteiger charge is 2.22. The van der Waals surface area contributed by atoms with Gasteiger partial charge in [0, 0.05) is 49.3 Å². The van der Waals surface area contributed by atoms with Crippen LogP contribution in [0.2, 0.25) is 10.0 Å². The molecule has 2 aromatic carbocycles.